The summed E-state index contributed by atoms with van der Waals surface area (Å²) >= 11 is 12.0. The molecule has 0 bridgehead atoms. The number of hydrogen-bond donors (Lipinski definition) is 0. The van der Waals surface area contributed by atoms with Gasteiger partial charge >= 0.3 is 0 Å². The van der Waals surface area contributed by atoms with Crippen LogP contribution in [0.4, 0.5) is 0 Å². The third-order valence-corrected chi connectivity index (χ3v) is 4.21. The third kappa shape index (κ3) is 2.53. The van der Waals surface area contributed by atoms with E-state index in [4.69, 9.17) is 23.2 Å². The number of rotatable bonds is 2. The Morgan fingerprint density at radius 3 is 2.36 bits per heavy atom. The van der Waals surface area contributed by atoms with Gasteiger partial charge in [0.1, 0.15) is 6.33 Å². The Balaban J connectivity index is 2.11. The minimum Gasteiger partial charge on any atom is -0.292 e. The standard InChI is InChI=1S/C15H12Cl2N4O/c1-20-7-10(15(22)21(20)2)14-6-13(18-8-19-14)9-3-4-11(16)12(17)5-9/h3-8H,1-2H3. The molecule has 2 aromatic heterocycles. The van der Waals surface area contributed by atoms with Crippen molar-refractivity contribution < 1.29 is 0 Å². The van der Waals surface area contributed by atoms with Crippen molar-refractivity contribution in [3.05, 3.63) is 57.2 Å². The molecule has 0 saturated carbocycles. The molecule has 1 aromatic carbocycles. The zero-order valence-electron chi connectivity index (χ0n) is 11.9. The first-order valence-corrected chi connectivity index (χ1v) is 7.23. The minimum absolute atomic E-state index is 0.110. The van der Waals surface area contributed by atoms with Gasteiger partial charge < -0.3 is 0 Å². The first-order valence-electron chi connectivity index (χ1n) is 6.48. The van der Waals surface area contributed by atoms with Gasteiger partial charge in [0.2, 0.25) is 0 Å². The van der Waals surface area contributed by atoms with Crippen molar-refractivity contribution in [2.45, 2.75) is 0 Å². The smallest absolute Gasteiger partial charge is 0.275 e. The second-order valence-electron chi connectivity index (χ2n) is 4.86. The molecule has 0 radical (unpaired) electrons. The van der Waals surface area contributed by atoms with Crippen molar-refractivity contribution in [3.8, 4) is 22.5 Å². The average Bonchev–Trinajstić information content (AvgIpc) is 2.78. The Hall–Kier alpha value is -2.11. The molecule has 22 heavy (non-hydrogen) atoms. The third-order valence-electron chi connectivity index (χ3n) is 3.47. The highest BCUT2D eigenvalue weighted by molar-refractivity contribution is 6.42. The molecule has 5 nitrogen and oxygen atoms in total. The summed E-state index contributed by atoms with van der Waals surface area (Å²) in [7, 11) is 3.50. The van der Waals surface area contributed by atoms with E-state index in [2.05, 4.69) is 9.97 Å². The molecular formula is C15H12Cl2N4O. The van der Waals surface area contributed by atoms with Crippen LogP contribution < -0.4 is 5.56 Å². The maximum atomic E-state index is 12.2. The summed E-state index contributed by atoms with van der Waals surface area (Å²) in [6, 6.07) is 7.03. The summed E-state index contributed by atoms with van der Waals surface area (Å²) in [4.78, 5) is 20.6. The van der Waals surface area contributed by atoms with Crippen molar-refractivity contribution in [3.63, 3.8) is 0 Å². The molecule has 0 aliphatic carbocycles. The van der Waals surface area contributed by atoms with Crippen LogP contribution in [0.1, 0.15) is 0 Å². The Labute approximate surface area is 136 Å². The van der Waals surface area contributed by atoms with E-state index in [0.717, 1.165) is 5.56 Å². The first kappa shape index (κ1) is 14.8. The van der Waals surface area contributed by atoms with Crippen LogP contribution in [-0.4, -0.2) is 19.3 Å². The number of aromatic nitrogens is 4. The number of nitrogens with zero attached hydrogens (tertiary/aromatic N) is 4. The molecule has 0 aliphatic rings. The molecule has 0 atom stereocenters. The lowest BCUT2D eigenvalue weighted by Crippen LogP contribution is -2.17. The van der Waals surface area contributed by atoms with Crippen LogP contribution in [0.25, 0.3) is 22.5 Å². The van der Waals surface area contributed by atoms with Gasteiger partial charge in [-0.2, -0.15) is 0 Å². The molecule has 3 rings (SSSR count). The molecule has 0 spiro atoms. The summed E-state index contributed by atoms with van der Waals surface area (Å²) in [6.07, 6.45) is 3.17. The molecule has 0 amide bonds. The van der Waals surface area contributed by atoms with Gasteiger partial charge in [0, 0.05) is 25.9 Å². The zero-order chi connectivity index (χ0) is 15.9. The van der Waals surface area contributed by atoms with Gasteiger partial charge in [-0.05, 0) is 18.2 Å². The fraction of sp³-hybridized carbons (Fsp3) is 0.133. The van der Waals surface area contributed by atoms with Gasteiger partial charge in [0.15, 0.2) is 0 Å². The van der Waals surface area contributed by atoms with E-state index in [9.17, 15) is 4.79 Å². The SMILES string of the molecule is Cn1cc(-c2cc(-c3ccc(Cl)c(Cl)c3)ncn2)c(=O)n1C. The Morgan fingerprint density at radius 2 is 1.73 bits per heavy atom. The fourth-order valence-corrected chi connectivity index (χ4v) is 2.44. The van der Waals surface area contributed by atoms with Gasteiger partial charge in [-0.1, -0.05) is 29.3 Å². The first-order chi connectivity index (χ1) is 10.5. The Morgan fingerprint density at radius 1 is 1.00 bits per heavy atom. The summed E-state index contributed by atoms with van der Waals surface area (Å²) in [5, 5.41) is 0.937. The van der Waals surface area contributed by atoms with E-state index in [1.807, 2.05) is 6.07 Å². The molecule has 7 heteroatoms. The molecule has 0 saturated heterocycles. The fourth-order valence-electron chi connectivity index (χ4n) is 2.14. The van der Waals surface area contributed by atoms with Crippen molar-refractivity contribution in [2.75, 3.05) is 0 Å². The Bertz CT molecular complexity index is 914. The quantitative estimate of drug-likeness (QED) is 0.723. The van der Waals surface area contributed by atoms with E-state index < -0.39 is 0 Å². The molecular weight excluding hydrogens is 323 g/mol. The van der Waals surface area contributed by atoms with Crippen LogP contribution in [0.3, 0.4) is 0 Å². The maximum Gasteiger partial charge on any atom is 0.275 e. The van der Waals surface area contributed by atoms with Crippen LogP contribution in [0.5, 0.6) is 0 Å². The highest BCUT2D eigenvalue weighted by Gasteiger charge is 2.12. The predicted octanol–water partition coefficient (Wildman–Crippen LogP) is 3.15. The molecule has 3 aromatic rings. The zero-order valence-corrected chi connectivity index (χ0v) is 13.4. The molecule has 0 unspecified atom stereocenters. The minimum atomic E-state index is -0.110. The van der Waals surface area contributed by atoms with E-state index in [0.29, 0.717) is 27.0 Å². The van der Waals surface area contributed by atoms with Crippen molar-refractivity contribution in [1.82, 2.24) is 19.3 Å². The van der Waals surface area contributed by atoms with Gasteiger partial charge in [-0.15, -0.1) is 0 Å². The van der Waals surface area contributed by atoms with Crippen LogP contribution in [-0.2, 0) is 14.1 Å². The lowest BCUT2D eigenvalue weighted by atomic mass is 10.1. The van der Waals surface area contributed by atoms with E-state index in [1.165, 1.54) is 11.0 Å². The number of aryl methyl sites for hydroxylation is 1. The maximum absolute atomic E-state index is 12.2. The van der Waals surface area contributed by atoms with Crippen molar-refractivity contribution in [1.29, 1.82) is 0 Å². The van der Waals surface area contributed by atoms with Crippen LogP contribution in [0.15, 0.2) is 41.6 Å². The predicted molar refractivity (Wildman–Crippen MR) is 87.1 cm³/mol. The van der Waals surface area contributed by atoms with Gasteiger partial charge in [0.25, 0.3) is 5.56 Å². The van der Waals surface area contributed by atoms with E-state index in [1.54, 1.807) is 43.2 Å². The van der Waals surface area contributed by atoms with Crippen LogP contribution in [0.2, 0.25) is 10.0 Å². The Kier molecular flexibility index (Phi) is 3.76. The second-order valence-corrected chi connectivity index (χ2v) is 5.68. The normalized spacial score (nSPS) is 10.9. The highest BCUT2D eigenvalue weighted by Crippen LogP contribution is 2.28. The lowest BCUT2D eigenvalue weighted by Gasteiger charge is -2.04. The van der Waals surface area contributed by atoms with E-state index >= 15 is 0 Å². The van der Waals surface area contributed by atoms with Crippen molar-refractivity contribution >= 4 is 23.2 Å². The topological polar surface area (TPSA) is 52.7 Å². The summed E-state index contributed by atoms with van der Waals surface area (Å²) in [5.74, 6) is 0. The van der Waals surface area contributed by atoms with Crippen LogP contribution >= 0.6 is 23.2 Å². The average molecular weight is 335 g/mol. The second kappa shape index (κ2) is 5.59. The largest absolute Gasteiger partial charge is 0.292 e. The van der Waals surface area contributed by atoms with Gasteiger partial charge in [-0.3, -0.25) is 14.2 Å². The molecule has 0 aliphatic heterocycles. The molecule has 0 fully saturated rings. The number of hydrogen-bond acceptors (Lipinski definition) is 3. The monoisotopic (exact) mass is 334 g/mol. The van der Waals surface area contributed by atoms with Crippen LogP contribution in [0, 0.1) is 0 Å². The summed E-state index contributed by atoms with van der Waals surface area (Å²) < 4.78 is 3.22. The van der Waals surface area contributed by atoms with Gasteiger partial charge in [-0.25, -0.2) is 9.97 Å². The van der Waals surface area contributed by atoms with Crippen molar-refractivity contribution in [2.24, 2.45) is 14.1 Å². The van der Waals surface area contributed by atoms with Gasteiger partial charge in [0.05, 0.1) is 27.0 Å². The molecule has 2 heterocycles. The molecule has 112 valence electrons. The van der Waals surface area contributed by atoms with E-state index in [-0.39, 0.29) is 5.56 Å². The number of halogens is 2. The molecule has 0 N–H and O–H groups in total. The highest BCUT2D eigenvalue weighted by atomic mass is 35.5. The summed E-state index contributed by atoms with van der Waals surface area (Å²) in [5.41, 5.74) is 2.47. The lowest BCUT2D eigenvalue weighted by molar-refractivity contribution is 0.579. The number of benzene rings is 1. The summed E-state index contributed by atoms with van der Waals surface area (Å²) in [6.45, 7) is 0.